The number of hydrogen-bond acceptors (Lipinski definition) is 1. The van der Waals surface area contributed by atoms with E-state index in [-0.39, 0.29) is 10.8 Å². The van der Waals surface area contributed by atoms with Crippen LogP contribution in [0.1, 0.15) is 49.9 Å². The number of aromatic nitrogens is 1. The van der Waals surface area contributed by atoms with Crippen LogP contribution in [0, 0.1) is 0 Å². The summed E-state index contributed by atoms with van der Waals surface area (Å²) >= 11 is 0. The molecule has 0 radical (unpaired) electrons. The largest absolute Gasteiger partial charge is 0.310 e. The average Bonchev–Trinajstić information content (AvgIpc) is 3.93. The molecule has 0 saturated heterocycles. The van der Waals surface area contributed by atoms with Crippen LogP contribution in [0.2, 0.25) is 0 Å². The summed E-state index contributed by atoms with van der Waals surface area (Å²) in [4.78, 5) is 2.48. The number of anilines is 3. The maximum atomic E-state index is 2.48. The fraction of sp³-hybridized carbons (Fsp3) is 0.0909. The standard InChI is InChI=1S/C66H50N2/c1-65(2)59-27-14-11-24-52(59)54-36-32-49(41-61(54)65)67(50-33-37-55-53-25-12-15-28-60(53)66(3,4)62(55)42-50)48-23-17-20-44(38-48)45-30-34-51(43-18-7-5-8-19-43)58(39-45)46-31-35-57-56-26-13-16-29-63(56)68(64(57)40-46)47-21-9-6-10-22-47/h5-42H,1-4H3. The molecule has 1 aromatic heterocycles. The normalized spacial score (nSPS) is 13.8. The van der Waals surface area contributed by atoms with Gasteiger partial charge in [0.05, 0.1) is 11.0 Å². The van der Waals surface area contributed by atoms with Gasteiger partial charge in [0.2, 0.25) is 0 Å². The van der Waals surface area contributed by atoms with Crippen LogP contribution < -0.4 is 4.90 Å². The zero-order valence-corrected chi connectivity index (χ0v) is 38.8. The van der Waals surface area contributed by atoms with Gasteiger partial charge in [0.15, 0.2) is 0 Å². The first-order chi connectivity index (χ1) is 33.2. The molecule has 0 unspecified atom stereocenters. The molecule has 0 bridgehead atoms. The van der Waals surface area contributed by atoms with E-state index in [1.807, 2.05) is 0 Å². The third-order valence-electron chi connectivity index (χ3n) is 15.2. The third kappa shape index (κ3) is 6.10. The Morgan fingerprint density at radius 1 is 0.294 bits per heavy atom. The summed E-state index contributed by atoms with van der Waals surface area (Å²) in [6, 6.07) is 85.7. The molecule has 2 aliphatic carbocycles. The van der Waals surface area contributed by atoms with E-state index in [4.69, 9.17) is 0 Å². The summed E-state index contributed by atoms with van der Waals surface area (Å²) in [6.45, 7) is 9.49. The van der Waals surface area contributed by atoms with Crippen molar-refractivity contribution in [1.29, 1.82) is 0 Å². The second-order valence-corrected chi connectivity index (χ2v) is 19.7. The first kappa shape index (κ1) is 40.1. The lowest BCUT2D eigenvalue weighted by Gasteiger charge is -2.30. The minimum absolute atomic E-state index is 0.133. The molecule has 0 N–H and O–H groups in total. The highest BCUT2D eigenvalue weighted by Crippen LogP contribution is 2.53. The van der Waals surface area contributed by atoms with Gasteiger partial charge in [-0.25, -0.2) is 0 Å². The molecule has 0 saturated carbocycles. The van der Waals surface area contributed by atoms with Gasteiger partial charge in [-0.2, -0.15) is 0 Å². The van der Waals surface area contributed by atoms with Crippen LogP contribution in [0.15, 0.2) is 231 Å². The predicted octanol–water partition coefficient (Wildman–Crippen LogP) is 17.9. The van der Waals surface area contributed by atoms with Gasteiger partial charge >= 0.3 is 0 Å². The van der Waals surface area contributed by atoms with Gasteiger partial charge in [-0.05, 0) is 145 Å². The van der Waals surface area contributed by atoms with Crippen LogP contribution in [-0.4, -0.2) is 4.57 Å². The third-order valence-corrected chi connectivity index (χ3v) is 15.2. The number of rotatable bonds is 7. The van der Waals surface area contributed by atoms with Crippen LogP contribution in [0.25, 0.3) is 83.1 Å². The van der Waals surface area contributed by atoms with Crippen LogP contribution >= 0.6 is 0 Å². The number of hydrogen-bond donors (Lipinski definition) is 0. The summed E-state index contributed by atoms with van der Waals surface area (Å²) in [5, 5.41) is 2.50. The van der Waals surface area contributed by atoms with Gasteiger partial charge in [0.25, 0.3) is 0 Å². The number of para-hydroxylation sites is 2. The molecular formula is C66H50N2. The molecule has 13 rings (SSSR count). The number of fused-ring (bicyclic) bond motifs is 9. The van der Waals surface area contributed by atoms with Crippen LogP contribution in [0.4, 0.5) is 17.1 Å². The maximum absolute atomic E-state index is 2.48. The van der Waals surface area contributed by atoms with Crippen LogP contribution in [0.3, 0.4) is 0 Å². The summed E-state index contributed by atoms with van der Waals surface area (Å²) in [5.74, 6) is 0. The van der Waals surface area contributed by atoms with E-state index in [9.17, 15) is 0 Å². The number of benzene rings is 10. The van der Waals surface area contributed by atoms with Crippen molar-refractivity contribution in [3.63, 3.8) is 0 Å². The van der Waals surface area contributed by atoms with E-state index in [2.05, 4.69) is 268 Å². The SMILES string of the molecule is CC1(C)c2ccccc2-c2ccc(N(c3cccc(-c4ccc(-c5ccccc5)c(-c5ccc6c7ccccc7n(-c7ccccc7)c6c5)c4)c3)c3ccc4c(c3)C(C)(C)c3ccccc3-4)cc21. The molecule has 2 heteroatoms. The molecule has 10 aromatic carbocycles. The predicted molar refractivity (Wildman–Crippen MR) is 287 cm³/mol. The summed E-state index contributed by atoms with van der Waals surface area (Å²) in [6.07, 6.45) is 0. The smallest absolute Gasteiger partial charge is 0.0547 e. The summed E-state index contributed by atoms with van der Waals surface area (Å²) in [5.41, 5.74) is 24.6. The first-order valence-electron chi connectivity index (χ1n) is 23.9. The van der Waals surface area contributed by atoms with Crippen LogP contribution in [-0.2, 0) is 10.8 Å². The van der Waals surface area contributed by atoms with E-state index in [0.717, 1.165) is 28.3 Å². The molecule has 2 aliphatic rings. The monoisotopic (exact) mass is 870 g/mol. The Hall–Kier alpha value is -8.20. The highest BCUT2D eigenvalue weighted by molar-refractivity contribution is 6.10. The van der Waals surface area contributed by atoms with E-state index < -0.39 is 0 Å². The zero-order chi connectivity index (χ0) is 45.7. The molecule has 324 valence electrons. The quantitative estimate of drug-likeness (QED) is 0.155. The first-order valence-corrected chi connectivity index (χ1v) is 23.9. The van der Waals surface area contributed by atoms with Crippen LogP contribution in [0.5, 0.6) is 0 Å². The van der Waals surface area contributed by atoms with Gasteiger partial charge in [-0.3, -0.25) is 0 Å². The molecule has 0 amide bonds. The van der Waals surface area contributed by atoms with Crippen molar-refractivity contribution in [2.24, 2.45) is 0 Å². The van der Waals surface area contributed by atoms with E-state index in [0.29, 0.717) is 0 Å². The molecule has 0 atom stereocenters. The van der Waals surface area contributed by atoms with E-state index in [1.165, 1.54) is 94.1 Å². The van der Waals surface area contributed by atoms with Gasteiger partial charge < -0.3 is 9.47 Å². The molecule has 11 aromatic rings. The van der Waals surface area contributed by atoms with E-state index >= 15 is 0 Å². The van der Waals surface area contributed by atoms with Crippen molar-refractivity contribution in [2.75, 3.05) is 4.90 Å². The molecular weight excluding hydrogens is 821 g/mol. The lowest BCUT2D eigenvalue weighted by molar-refractivity contribution is 0.660. The minimum Gasteiger partial charge on any atom is -0.310 e. The van der Waals surface area contributed by atoms with Crippen molar-refractivity contribution in [1.82, 2.24) is 4.57 Å². The molecule has 1 heterocycles. The maximum Gasteiger partial charge on any atom is 0.0547 e. The molecule has 0 fully saturated rings. The van der Waals surface area contributed by atoms with E-state index in [1.54, 1.807) is 0 Å². The minimum atomic E-state index is -0.133. The Morgan fingerprint density at radius 3 is 1.47 bits per heavy atom. The molecule has 0 spiro atoms. The van der Waals surface area contributed by atoms with Crippen molar-refractivity contribution < 1.29 is 0 Å². The average molecular weight is 871 g/mol. The lowest BCUT2D eigenvalue weighted by atomic mass is 9.82. The molecule has 0 aliphatic heterocycles. The van der Waals surface area contributed by atoms with Gasteiger partial charge in [0, 0.05) is 44.4 Å². The second kappa shape index (κ2) is 15.2. The zero-order valence-electron chi connectivity index (χ0n) is 38.8. The molecule has 2 nitrogen and oxygen atoms in total. The molecule has 68 heavy (non-hydrogen) atoms. The Bertz CT molecular complexity index is 3690. The highest BCUT2D eigenvalue weighted by Gasteiger charge is 2.38. The fourth-order valence-electron chi connectivity index (χ4n) is 11.8. The van der Waals surface area contributed by atoms with Crippen molar-refractivity contribution in [3.05, 3.63) is 253 Å². The van der Waals surface area contributed by atoms with Crippen molar-refractivity contribution >= 4 is 38.9 Å². The summed E-state index contributed by atoms with van der Waals surface area (Å²) in [7, 11) is 0. The Morgan fingerprint density at radius 2 is 0.794 bits per heavy atom. The Kier molecular flexibility index (Phi) is 8.95. The Labute approximate surface area is 399 Å². The highest BCUT2D eigenvalue weighted by atomic mass is 15.1. The summed E-state index contributed by atoms with van der Waals surface area (Å²) < 4.78 is 2.41. The van der Waals surface area contributed by atoms with Gasteiger partial charge in [-0.1, -0.05) is 191 Å². The van der Waals surface area contributed by atoms with Crippen molar-refractivity contribution in [3.8, 4) is 61.3 Å². The Balaban J connectivity index is 0.984. The van der Waals surface area contributed by atoms with Gasteiger partial charge in [-0.15, -0.1) is 0 Å². The fourth-order valence-corrected chi connectivity index (χ4v) is 11.8. The second-order valence-electron chi connectivity index (χ2n) is 19.7. The topological polar surface area (TPSA) is 8.17 Å². The van der Waals surface area contributed by atoms with Crippen molar-refractivity contribution in [2.45, 2.75) is 38.5 Å². The van der Waals surface area contributed by atoms with Gasteiger partial charge in [0.1, 0.15) is 0 Å². The lowest BCUT2D eigenvalue weighted by Crippen LogP contribution is -2.18. The number of nitrogens with zero attached hydrogens (tertiary/aromatic N) is 2.